The van der Waals surface area contributed by atoms with E-state index in [1.165, 1.54) is 130 Å². The average Bonchev–Trinajstić information content (AvgIpc) is 3.51. The van der Waals surface area contributed by atoms with Crippen LogP contribution in [-0.4, -0.2) is 0 Å². The van der Waals surface area contributed by atoms with E-state index >= 15 is 0 Å². The van der Waals surface area contributed by atoms with Crippen molar-refractivity contribution in [2.75, 3.05) is 9.80 Å². The Kier molecular flexibility index (Phi) is 8.78. The molecule has 1 aliphatic heterocycles. The van der Waals surface area contributed by atoms with Gasteiger partial charge >= 0.3 is 0 Å². The molecule has 1 aliphatic rings. The van der Waals surface area contributed by atoms with Crippen LogP contribution >= 0.6 is 23.1 Å². The molecule has 284 valence electrons. The van der Waals surface area contributed by atoms with E-state index in [9.17, 15) is 0 Å². The Bertz CT molecular complexity index is 2970. The lowest BCUT2D eigenvalue weighted by molar-refractivity contribution is 1.22. The number of rotatable bonds is 6. The first-order valence-electron chi connectivity index (χ1n) is 20.1. The van der Waals surface area contributed by atoms with E-state index in [-0.39, 0.29) is 0 Å². The summed E-state index contributed by atoms with van der Waals surface area (Å²) in [7, 11) is 0. The summed E-state index contributed by atoms with van der Waals surface area (Å²) >= 11 is 3.81. The van der Waals surface area contributed by atoms with Gasteiger partial charge in [0.05, 0.1) is 0 Å². The largest absolute Gasteiger partial charge is 0.310 e. The highest BCUT2D eigenvalue weighted by atomic mass is 32.2. The smallest absolute Gasteiger partial charge is 0.0476 e. The van der Waals surface area contributed by atoms with Crippen LogP contribution in [0.2, 0.25) is 0 Å². The number of hydrogen-bond acceptors (Lipinski definition) is 4. The Morgan fingerprint density at radius 2 is 0.793 bits per heavy atom. The van der Waals surface area contributed by atoms with Gasteiger partial charge in [-0.3, -0.25) is 0 Å². The highest BCUT2D eigenvalue weighted by Gasteiger charge is 2.25. The zero-order valence-electron chi connectivity index (χ0n) is 34.4. The molecular weight excluding hydrogens is 741 g/mol. The van der Waals surface area contributed by atoms with E-state index in [1.54, 1.807) is 0 Å². The van der Waals surface area contributed by atoms with Gasteiger partial charge in [-0.15, -0.1) is 11.3 Å². The normalized spacial score (nSPS) is 12.1. The van der Waals surface area contributed by atoms with Gasteiger partial charge in [-0.2, -0.15) is 0 Å². The predicted molar refractivity (Wildman–Crippen MR) is 254 cm³/mol. The van der Waals surface area contributed by atoms with E-state index < -0.39 is 0 Å². The van der Waals surface area contributed by atoms with Gasteiger partial charge in [0, 0.05) is 69.5 Å². The summed E-state index contributed by atoms with van der Waals surface area (Å²) in [6.07, 6.45) is 0. The standard InChI is InChI=1S/C54H46N2S2/c1-31-16-32(2)21-41(20-31)55(42-22-33(3)17-34(4)23-42)39-12-14-45-48-30-52-53(47-10-9-11-49(54(47)48)57-50(45)28-39)46-15-13-40(29-51(46)58-52)56(43-24-35(5)18-36(6)25-43)44-26-37(7)19-38(8)27-44/h9-30H,1-8H3. The number of thiophene rings is 1. The molecule has 8 aromatic carbocycles. The molecule has 0 radical (unpaired) electrons. The summed E-state index contributed by atoms with van der Waals surface area (Å²) in [5.41, 5.74) is 19.8. The van der Waals surface area contributed by atoms with Crippen molar-refractivity contribution in [3.63, 3.8) is 0 Å². The van der Waals surface area contributed by atoms with Gasteiger partial charge in [0.1, 0.15) is 0 Å². The third kappa shape index (κ3) is 6.36. The minimum absolute atomic E-state index is 1.17. The van der Waals surface area contributed by atoms with Gasteiger partial charge in [-0.1, -0.05) is 60.3 Å². The second kappa shape index (κ2) is 13.9. The lowest BCUT2D eigenvalue weighted by atomic mass is 9.94. The minimum Gasteiger partial charge on any atom is -0.310 e. The van der Waals surface area contributed by atoms with Crippen LogP contribution in [0.25, 0.3) is 42.1 Å². The predicted octanol–water partition coefficient (Wildman–Crippen LogP) is 16.7. The van der Waals surface area contributed by atoms with Crippen molar-refractivity contribution in [1.82, 2.24) is 0 Å². The number of aryl methyl sites for hydroxylation is 8. The quantitative estimate of drug-likeness (QED) is 0.166. The van der Waals surface area contributed by atoms with Crippen molar-refractivity contribution in [2.24, 2.45) is 0 Å². The van der Waals surface area contributed by atoms with E-state index in [4.69, 9.17) is 0 Å². The number of hydrogen-bond donors (Lipinski definition) is 0. The molecule has 0 unspecified atom stereocenters. The minimum atomic E-state index is 1.17. The van der Waals surface area contributed by atoms with Crippen molar-refractivity contribution < 1.29 is 0 Å². The van der Waals surface area contributed by atoms with Crippen LogP contribution in [0, 0.1) is 55.4 Å². The van der Waals surface area contributed by atoms with Crippen molar-refractivity contribution in [3.05, 3.63) is 178 Å². The summed E-state index contributed by atoms with van der Waals surface area (Å²) in [5.74, 6) is 0. The monoisotopic (exact) mass is 786 g/mol. The van der Waals surface area contributed by atoms with Crippen molar-refractivity contribution in [3.8, 4) is 11.1 Å². The number of benzene rings is 8. The molecule has 0 saturated carbocycles. The first kappa shape index (κ1) is 36.5. The lowest BCUT2D eigenvalue weighted by Gasteiger charge is -2.29. The highest BCUT2D eigenvalue weighted by Crippen LogP contribution is 2.54. The zero-order valence-corrected chi connectivity index (χ0v) is 36.0. The Labute approximate surface area is 350 Å². The van der Waals surface area contributed by atoms with Gasteiger partial charge in [-0.05, 0) is 201 Å². The molecule has 0 amide bonds. The van der Waals surface area contributed by atoms with Crippen LogP contribution in [0.1, 0.15) is 44.5 Å². The molecule has 10 rings (SSSR count). The molecule has 4 heteroatoms. The van der Waals surface area contributed by atoms with Gasteiger partial charge in [0.15, 0.2) is 0 Å². The highest BCUT2D eigenvalue weighted by molar-refractivity contribution is 7.99. The maximum atomic E-state index is 2.47. The van der Waals surface area contributed by atoms with Crippen LogP contribution < -0.4 is 9.80 Å². The fraction of sp³-hybridized carbons (Fsp3) is 0.148. The molecule has 0 fully saturated rings. The second-order valence-electron chi connectivity index (χ2n) is 16.6. The van der Waals surface area contributed by atoms with E-state index in [0.717, 1.165) is 0 Å². The van der Waals surface area contributed by atoms with Crippen molar-refractivity contribution in [2.45, 2.75) is 65.2 Å². The first-order chi connectivity index (χ1) is 27.9. The third-order valence-corrected chi connectivity index (χ3v) is 13.6. The first-order valence-corrected chi connectivity index (χ1v) is 21.8. The van der Waals surface area contributed by atoms with E-state index in [1.807, 2.05) is 23.1 Å². The fourth-order valence-corrected chi connectivity index (χ4v) is 11.8. The molecule has 0 N–H and O–H groups in total. The van der Waals surface area contributed by atoms with Crippen LogP contribution in [-0.2, 0) is 0 Å². The Morgan fingerprint density at radius 3 is 1.29 bits per heavy atom. The van der Waals surface area contributed by atoms with Gasteiger partial charge in [0.2, 0.25) is 0 Å². The molecule has 1 aromatic heterocycles. The maximum Gasteiger partial charge on any atom is 0.0476 e. The molecule has 0 aliphatic carbocycles. The summed E-state index contributed by atoms with van der Waals surface area (Å²) in [4.78, 5) is 7.47. The molecule has 0 bridgehead atoms. The van der Waals surface area contributed by atoms with Gasteiger partial charge < -0.3 is 9.80 Å². The molecule has 0 spiro atoms. The Morgan fingerprint density at radius 1 is 0.328 bits per heavy atom. The van der Waals surface area contributed by atoms with E-state index in [2.05, 4.69) is 199 Å². The van der Waals surface area contributed by atoms with Crippen molar-refractivity contribution >= 4 is 88.2 Å². The number of fused-ring (bicyclic) bond motifs is 6. The van der Waals surface area contributed by atoms with Crippen LogP contribution in [0.15, 0.2) is 143 Å². The van der Waals surface area contributed by atoms with Crippen LogP contribution in [0.5, 0.6) is 0 Å². The molecule has 0 atom stereocenters. The van der Waals surface area contributed by atoms with Crippen LogP contribution in [0.4, 0.5) is 34.1 Å². The molecule has 2 heterocycles. The third-order valence-electron chi connectivity index (χ3n) is 11.4. The van der Waals surface area contributed by atoms with Crippen LogP contribution in [0.3, 0.4) is 0 Å². The summed E-state index contributed by atoms with van der Waals surface area (Å²) in [6, 6.07) is 51.0. The fourth-order valence-electron chi connectivity index (χ4n) is 9.43. The summed E-state index contributed by atoms with van der Waals surface area (Å²) in [5, 5.41) is 5.36. The Hall–Kier alpha value is -5.81. The topological polar surface area (TPSA) is 6.48 Å². The molecule has 9 aromatic rings. The lowest BCUT2D eigenvalue weighted by Crippen LogP contribution is -2.11. The number of nitrogens with zero attached hydrogens (tertiary/aromatic N) is 2. The SMILES string of the molecule is Cc1cc(C)cc(N(c2cc(C)cc(C)c2)c2ccc3c(c2)Sc2cccc4c2c-3cc2sc3cc(N(c5cc(C)cc(C)c5)c5cc(C)cc(C)c5)ccc3c24)c1. The summed E-state index contributed by atoms with van der Waals surface area (Å²) < 4.78 is 2.63. The molecule has 58 heavy (non-hydrogen) atoms. The zero-order chi connectivity index (χ0) is 40.0. The molecular formula is C54H46N2S2. The van der Waals surface area contributed by atoms with Gasteiger partial charge in [-0.25, -0.2) is 0 Å². The van der Waals surface area contributed by atoms with Gasteiger partial charge in [0.25, 0.3) is 0 Å². The van der Waals surface area contributed by atoms with Crippen molar-refractivity contribution in [1.29, 1.82) is 0 Å². The Balaban J connectivity index is 1.13. The molecule has 2 nitrogen and oxygen atoms in total. The average molecular weight is 787 g/mol. The van der Waals surface area contributed by atoms with E-state index in [0.29, 0.717) is 0 Å². The number of anilines is 6. The second-order valence-corrected chi connectivity index (χ2v) is 18.8. The summed E-state index contributed by atoms with van der Waals surface area (Å²) in [6.45, 7) is 17.5. The molecule has 0 saturated heterocycles. The maximum absolute atomic E-state index is 2.47.